The Balaban J connectivity index is 2.45. The molecule has 1 rings (SSSR count). The maximum absolute atomic E-state index is 4.86. The van der Waals surface area contributed by atoms with Crippen molar-refractivity contribution in [3.8, 4) is 0 Å². The molecule has 1 aliphatic heterocycles. The van der Waals surface area contributed by atoms with E-state index in [9.17, 15) is 0 Å². The van der Waals surface area contributed by atoms with Gasteiger partial charge >= 0.3 is 6.40 Å². The Labute approximate surface area is 37.0 Å². The second-order valence-electron chi connectivity index (χ2n) is 1.46. The molecule has 0 aromatic rings. The number of rotatable bonds is 0. The van der Waals surface area contributed by atoms with E-state index >= 15 is 0 Å². The molecule has 0 N–H and O–H groups in total. The summed E-state index contributed by atoms with van der Waals surface area (Å²) >= 11 is 0. The summed E-state index contributed by atoms with van der Waals surface area (Å²) in [5.41, 5.74) is 0. The lowest BCUT2D eigenvalue weighted by Crippen LogP contribution is -2.00. The molecule has 0 amide bonds. The second-order valence-corrected chi connectivity index (χ2v) is 1.46. The Kier molecular flexibility index (Phi) is 0.783. The Hall–Kier alpha value is -0.530. The van der Waals surface area contributed by atoms with Crippen LogP contribution in [0.25, 0.3) is 0 Å². The highest BCUT2D eigenvalue weighted by Gasteiger charge is 2.02. The fourth-order valence-electron chi connectivity index (χ4n) is 0.429. The Morgan fingerprint density at radius 1 is 1.83 bits per heavy atom. The van der Waals surface area contributed by atoms with Crippen molar-refractivity contribution >= 4 is 6.40 Å². The molecule has 0 spiro atoms. The van der Waals surface area contributed by atoms with Crippen LogP contribution in [0.3, 0.4) is 0 Å². The van der Waals surface area contributed by atoms with Crippen LogP contribution in [-0.4, -0.2) is 31.2 Å². The molecular weight excluding hydrogens is 78.0 g/mol. The van der Waals surface area contributed by atoms with Crippen molar-refractivity contribution in [3.05, 3.63) is 0 Å². The van der Waals surface area contributed by atoms with E-state index in [1.54, 1.807) is 6.40 Å². The third-order valence-corrected chi connectivity index (χ3v) is 0.816. The Morgan fingerprint density at radius 2 is 2.67 bits per heavy atom. The summed E-state index contributed by atoms with van der Waals surface area (Å²) < 4.78 is 6.87. The van der Waals surface area contributed by atoms with E-state index in [0.717, 1.165) is 13.2 Å². The molecule has 1 aliphatic rings. The van der Waals surface area contributed by atoms with Crippen LogP contribution in [0.15, 0.2) is 0 Å². The molecular formula is C4H8NO+. The molecule has 0 atom stereocenters. The van der Waals surface area contributed by atoms with E-state index in [0.29, 0.717) is 0 Å². The Morgan fingerprint density at radius 3 is 2.83 bits per heavy atom. The predicted molar refractivity (Wildman–Crippen MR) is 23.1 cm³/mol. The first-order valence-electron chi connectivity index (χ1n) is 2.05. The van der Waals surface area contributed by atoms with Crippen LogP contribution in [0.5, 0.6) is 0 Å². The predicted octanol–water partition coefficient (Wildman–Crippen LogP) is -0.313. The smallest absolute Gasteiger partial charge is 0.323 e. The van der Waals surface area contributed by atoms with Crippen LogP contribution in [0.4, 0.5) is 0 Å². The molecule has 0 saturated carbocycles. The van der Waals surface area contributed by atoms with Gasteiger partial charge in [-0.3, -0.25) is 0 Å². The molecule has 0 aromatic heterocycles. The zero-order valence-electron chi connectivity index (χ0n) is 3.85. The van der Waals surface area contributed by atoms with Gasteiger partial charge in [-0.2, -0.15) is 0 Å². The molecule has 2 nitrogen and oxygen atoms in total. The van der Waals surface area contributed by atoms with Crippen LogP contribution in [-0.2, 0) is 4.74 Å². The van der Waals surface area contributed by atoms with Crippen molar-refractivity contribution in [2.24, 2.45) is 0 Å². The van der Waals surface area contributed by atoms with E-state index in [1.165, 1.54) is 0 Å². The summed E-state index contributed by atoms with van der Waals surface area (Å²) in [5.74, 6) is 0. The van der Waals surface area contributed by atoms with Crippen molar-refractivity contribution in [3.63, 3.8) is 0 Å². The summed E-state index contributed by atoms with van der Waals surface area (Å²) in [5, 5.41) is 0. The lowest BCUT2D eigenvalue weighted by molar-refractivity contribution is -0.482. The molecule has 0 saturated heterocycles. The highest BCUT2D eigenvalue weighted by molar-refractivity contribution is 5.40. The Bertz CT molecular complexity index is 77.6. The molecule has 0 bridgehead atoms. The first-order chi connectivity index (χ1) is 2.89. The standard InChI is InChI=1S/C4H8NO/c1-5-2-3-6-4-5/h4H,2-3H2,1H3/q+1. The topological polar surface area (TPSA) is 12.2 Å². The fraction of sp³-hybridized carbons (Fsp3) is 0.750. The van der Waals surface area contributed by atoms with Gasteiger partial charge in [0.2, 0.25) is 0 Å². The summed E-state index contributed by atoms with van der Waals surface area (Å²) in [6, 6.07) is 0. The first kappa shape index (κ1) is 3.65. The van der Waals surface area contributed by atoms with Gasteiger partial charge in [0, 0.05) is 0 Å². The van der Waals surface area contributed by atoms with Gasteiger partial charge in [0.25, 0.3) is 0 Å². The lowest BCUT2D eigenvalue weighted by Gasteiger charge is -1.73. The molecule has 0 aromatic carbocycles. The average molecular weight is 86.1 g/mol. The second kappa shape index (κ2) is 1.29. The third-order valence-electron chi connectivity index (χ3n) is 0.816. The quantitative estimate of drug-likeness (QED) is 0.368. The number of hydrogen-bond acceptors (Lipinski definition) is 1. The normalized spacial score (nSPS) is 19.8. The highest BCUT2D eigenvalue weighted by Crippen LogP contribution is 1.78. The highest BCUT2D eigenvalue weighted by atomic mass is 16.5. The van der Waals surface area contributed by atoms with Crippen LogP contribution in [0, 0.1) is 0 Å². The first-order valence-corrected chi connectivity index (χ1v) is 2.05. The number of nitrogens with zero attached hydrogens (tertiary/aromatic N) is 1. The van der Waals surface area contributed by atoms with Crippen LogP contribution in [0.2, 0.25) is 0 Å². The van der Waals surface area contributed by atoms with Gasteiger partial charge in [-0.1, -0.05) is 0 Å². The molecule has 0 fully saturated rings. The van der Waals surface area contributed by atoms with Crippen molar-refractivity contribution in [2.45, 2.75) is 0 Å². The van der Waals surface area contributed by atoms with Crippen molar-refractivity contribution < 1.29 is 9.31 Å². The average Bonchev–Trinajstić information content (AvgIpc) is 1.86. The minimum atomic E-state index is 0.858. The third kappa shape index (κ3) is 0.506. The minimum absolute atomic E-state index is 0.858. The van der Waals surface area contributed by atoms with E-state index < -0.39 is 0 Å². The number of likely N-dealkylation sites (N-methyl/N-ethyl adjacent to an activating group) is 1. The zero-order valence-corrected chi connectivity index (χ0v) is 3.85. The molecule has 1 heterocycles. The van der Waals surface area contributed by atoms with E-state index in [2.05, 4.69) is 0 Å². The molecule has 34 valence electrons. The van der Waals surface area contributed by atoms with Gasteiger partial charge in [-0.25, -0.2) is 4.58 Å². The molecule has 6 heavy (non-hydrogen) atoms. The van der Waals surface area contributed by atoms with Gasteiger partial charge in [-0.05, 0) is 0 Å². The monoisotopic (exact) mass is 86.1 g/mol. The van der Waals surface area contributed by atoms with Gasteiger partial charge in [-0.15, -0.1) is 0 Å². The fourth-order valence-corrected chi connectivity index (χ4v) is 0.429. The van der Waals surface area contributed by atoms with Gasteiger partial charge in [0.05, 0.1) is 0 Å². The molecule has 0 unspecified atom stereocenters. The van der Waals surface area contributed by atoms with Crippen LogP contribution >= 0.6 is 0 Å². The lowest BCUT2D eigenvalue weighted by atomic mass is 10.7. The number of ether oxygens (including phenoxy) is 1. The van der Waals surface area contributed by atoms with Gasteiger partial charge in [0.1, 0.15) is 7.05 Å². The number of hydrogen-bond donors (Lipinski definition) is 0. The van der Waals surface area contributed by atoms with E-state index in [1.807, 2.05) is 11.6 Å². The summed E-state index contributed by atoms with van der Waals surface area (Å²) in [7, 11) is 1.99. The molecule has 0 radical (unpaired) electrons. The van der Waals surface area contributed by atoms with Gasteiger partial charge < -0.3 is 4.74 Å². The summed E-state index contributed by atoms with van der Waals surface area (Å²) in [6.07, 6.45) is 1.74. The summed E-state index contributed by atoms with van der Waals surface area (Å²) in [6.45, 7) is 1.90. The van der Waals surface area contributed by atoms with Gasteiger partial charge in [0.15, 0.2) is 13.2 Å². The molecule has 0 aliphatic carbocycles. The molecule has 2 heteroatoms. The largest absolute Gasteiger partial charge is 0.444 e. The van der Waals surface area contributed by atoms with Crippen LogP contribution in [0.1, 0.15) is 0 Å². The SMILES string of the molecule is C[N+]1=COCC1. The van der Waals surface area contributed by atoms with Crippen LogP contribution < -0.4 is 0 Å². The summed E-state index contributed by atoms with van der Waals surface area (Å²) in [4.78, 5) is 0. The van der Waals surface area contributed by atoms with Crippen molar-refractivity contribution in [2.75, 3.05) is 20.2 Å². The van der Waals surface area contributed by atoms with E-state index in [-0.39, 0.29) is 0 Å². The maximum Gasteiger partial charge on any atom is 0.323 e. The minimum Gasteiger partial charge on any atom is -0.444 e. The maximum atomic E-state index is 4.86. The van der Waals surface area contributed by atoms with Crippen molar-refractivity contribution in [1.29, 1.82) is 0 Å². The zero-order chi connectivity index (χ0) is 4.41. The van der Waals surface area contributed by atoms with E-state index in [4.69, 9.17) is 4.74 Å². The van der Waals surface area contributed by atoms with Crippen molar-refractivity contribution in [1.82, 2.24) is 0 Å².